The summed E-state index contributed by atoms with van der Waals surface area (Å²) in [5.41, 5.74) is 0.839. The highest BCUT2D eigenvalue weighted by Crippen LogP contribution is 2.20. The molecular weight excluding hydrogens is 380 g/mol. The lowest BCUT2D eigenvalue weighted by molar-refractivity contribution is -0.128. The fourth-order valence-corrected chi connectivity index (χ4v) is 3.18. The molecule has 0 saturated carbocycles. The molecule has 1 atom stereocenters. The molecule has 9 heteroatoms. The first-order valence-electron chi connectivity index (χ1n) is 8.97. The Hall–Kier alpha value is -3.54. The molecule has 1 saturated heterocycles. The summed E-state index contributed by atoms with van der Waals surface area (Å²) in [6.07, 6.45) is 5.98. The number of aromatic nitrogens is 2. The molecule has 1 fully saturated rings. The Morgan fingerprint density at radius 1 is 1.34 bits per heavy atom. The Balaban J connectivity index is 1.64. The van der Waals surface area contributed by atoms with Crippen LogP contribution in [0.1, 0.15) is 18.2 Å². The van der Waals surface area contributed by atoms with Crippen molar-refractivity contribution in [2.45, 2.75) is 19.6 Å². The number of amides is 1. The predicted molar refractivity (Wildman–Crippen MR) is 102 cm³/mol. The van der Waals surface area contributed by atoms with E-state index in [9.17, 15) is 18.8 Å². The maximum absolute atomic E-state index is 12.6. The molecule has 0 aliphatic carbocycles. The second-order valence-corrected chi connectivity index (χ2v) is 6.45. The molecule has 1 amide bonds. The first-order chi connectivity index (χ1) is 14.0. The third-order valence-electron chi connectivity index (χ3n) is 4.50. The van der Waals surface area contributed by atoms with Crippen LogP contribution >= 0.6 is 0 Å². The third kappa shape index (κ3) is 5.04. The second-order valence-electron chi connectivity index (χ2n) is 6.45. The number of carbonyl (C=O) groups excluding carboxylic acids is 1. The van der Waals surface area contributed by atoms with Crippen molar-refractivity contribution < 1.29 is 18.3 Å². The van der Waals surface area contributed by atoms with Crippen molar-refractivity contribution in [3.05, 3.63) is 54.0 Å². The van der Waals surface area contributed by atoms with Crippen LogP contribution in [0.15, 0.2) is 42.7 Å². The van der Waals surface area contributed by atoms with Gasteiger partial charge in [-0.05, 0) is 30.7 Å². The zero-order valence-electron chi connectivity index (χ0n) is 15.7. The molecule has 7 nitrogen and oxygen atoms in total. The van der Waals surface area contributed by atoms with E-state index in [-0.39, 0.29) is 23.4 Å². The number of benzene rings is 1. The molecule has 1 aromatic heterocycles. The Morgan fingerprint density at radius 2 is 2.14 bits per heavy atom. The number of nitrogens with zero attached hydrogens (tertiary/aromatic N) is 5. The number of ether oxygens (including phenoxy) is 1. The number of halogens is 2. The van der Waals surface area contributed by atoms with Crippen LogP contribution in [-0.4, -0.2) is 53.1 Å². The van der Waals surface area contributed by atoms with Crippen molar-refractivity contribution >= 4 is 17.8 Å². The quantitative estimate of drug-likeness (QED) is 0.719. The maximum atomic E-state index is 12.6. The highest BCUT2D eigenvalue weighted by Gasteiger charge is 2.28. The Bertz CT molecular complexity index is 944. The van der Waals surface area contributed by atoms with E-state index in [1.54, 1.807) is 23.1 Å². The molecule has 0 radical (unpaired) electrons. The molecule has 0 unspecified atom stereocenters. The van der Waals surface area contributed by atoms with Gasteiger partial charge >= 0.3 is 6.61 Å². The summed E-state index contributed by atoms with van der Waals surface area (Å²) >= 11 is 0. The molecule has 2 heterocycles. The normalized spacial score (nSPS) is 16.9. The molecule has 0 spiro atoms. The molecule has 2 aromatic rings. The molecule has 1 aromatic carbocycles. The average molecular weight is 399 g/mol. The monoisotopic (exact) mass is 399 g/mol. The highest BCUT2D eigenvalue weighted by atomic mass is 19.3. The van der Waals surface area contributed by atoms with Crippen LogP contribution in [0.25, 0.3) is 6.08 Å². The zero-order valence-corrected chi connectivity index (χ0v) is 15.7. The van der Waals surface area contributed by atoms with E-state index >= 15 is 0 Å². The smallest absolute Gasteiger partial charge is 0.387 e. The SMILES string of the molecule is C[C@@H]1CN(c2nccnc2C#N)CCN1C(=O)/C=C/c1cccc(OC(F)F)c1. The zero-order chi connectivity index (χ0) is 20.8. The van der Waals surface area contributed by atoms with E-state index in [1.165, 1.54) is 30.6 Å². The van der Waals surface area contributed by atoms with Crippen molar-refractivity contribution in [2.75, 3.05) is 24.5 Å². The summed E-state index contributed by atoms with van der Waals surface area (Å²) in [5, 5.41) is 9.20. The topological polar surface area (TPSA) is 82.4 Å². The Labute approximate surface area is 166 Å². The van der Waals surface area contributed by atoms with Crippen molar-refractivity contribution in [3.8, 4) is 11.8 Å². The number of rotatable bonds is 5. The number of hydrogen-bond donors (Lipinski definition) is 0. The van der Waals surface area contributed by atoms with Gasteiger partial charge in [-0.2, -0.15) is 14.0 Å². The lowest BCUT2D eigenvalue weighted by Gasteiger charge is -2.40. The largest absolute Gasteiger partial charge is 0.435 e. The predicted octanol–water partition coefficient (Wildman–Crippen LogP) is 2.70. The van der Waals surface area contributed by atoms with Gasteiger partial charge in [-0.1, -0.05) is 12.1 Å². The average Bonchev–Trinajstić information content (AvgIpc) is 2.71. The van der Waals surface area contributed by atoms with Gasteiger partial charge < -0.3 is 14.5 Å². The fraction of sp³-hybridized carbons (Fsp3) is 0.300. The van der Waals surface area contributed by atoms with Crippen LogP contribution in [0.2, 0.25) is 0 Å². The van der Waals surface area contributed by atoms with E-state index in [1.807, 2.05) is 17.9 Å². The minimum absolute atomic E-state index is 0.0360. The summed E-state index contributed by atoms with van der Waals surface area (Å²) in [6, 6.07) is 8.06. The number of piperazine rings is 1. The van der Waals surface area contributed by atoms with Gasteiger partial charge in [0.25, 0.3) is 0 Å². The summed E-state index contributed by atoms with van der Waals surface area (Å²) in [5.74, 6) is 0.367. The van der Waals surface area contributed by atoms with E-state index in [0.29, 0.717) is 31.0 Å². The molecule has 1 aliphatic heterocycles. The van der Waals surface area contributed by atoms with Gasteiger partial charge in [-0.25, -0.2) is 9.97 Å². The third-order valence-corrected chi connectivity index (χ3v) is 4.50. The van der Waals surface area contributed by atoms with Crippen LogP contribution in [0.3, 0.4) is 0 Å². The molecule has 150 valence electrons. The Kier molecular flexibility index (Phi) is 6.34. The van der Waals surface area contributed by atoms with Crippen molar-refractivity contribution in [1.29, 1.82) is 5.26 Å². The minimum atomic E-state index is -2.90. The van der Waals surface area contributed by atoms with Gasteiger partial charge in [0.1, 0.15) is 11.8 Å². The van der Waals surface area contributed by atoms with Crippen molar-refractivity contribution in [2.24, 2.45) is 0 Å². The van der Waals surface area contributed by atoms with Crippen LogP contribution in [0.5, 0.6) is 5.75 Å². The number of anilines is 1. The van der Waals surface area contributed by atoms with Crippen LogP contribution in [0, 0.1) is 11.3 Å². The second kappa shape index (κ2) is 9.10. The van der Waals surface area contributed by atoms with Gasteiger partial charge in [-0.3, -0.25) is 4.79 Å². The lowest BCUT2D eigenvalue weighted by Crippen LogP contribution is -2.54. The van der Waals surface area contributed by atoms with Gasteiger partial charge in [0.2, 0.25) is 5.91 Å². The number of nitriles is 1. The molecule has 29 heavy (non-hydrogen) atoms. The molecule has 0 N–H and O–H groups in total. The van der Waals surface area contributed by atoms with Crippen molar-refractivity contribution in [1.82, 2.24) is 14.9 Å². The summed E-state index contributed by atoms with van der Waals surface area (Å²) in [7, 11) is 0. The van der Waals surface area contributed by atoms with Gasteiger partial charge in [0, 0.05) is 44.1 Å². The van der Waals surface area contributed by atoms with Gasteiger partial charge in [0.05, 0.1) is 0 Å². The van der Waals surface area contributed by atoms with Gasteiger partial charge in [-0.15, -0.1) is 0 Å². The van der Waals surface area contributed by atoms with Crippen LogP contribution in [0.4, 0.5) is 14.6 Å². The number of alkyl halides is 2. The molecular formula is C20H19F2N5O2. The fourth-order valence-electron chi connectivity index (χ4n) is 3.18. The van der Waals surface area contributed by atoms with E-state index in [2.05, 4.69) is 14.7 Å². The summed E-state index contributed by atoms with van der Waals surface area (Å²) in [4.78, 5) is 24.5. The Morgan fingerprint density at radius 3 is 2.86 bits per heavy atom. The van der Waals surface area contributed by atoms with E-state index < -0.39 is 6.61 Å². The highest BCUT2D eigenvalue weighted by molar-refractivity contribution is 5.92. The lowest BCUT2D eigenvalue weighted by atomic mass is 10.1. The van der Waals surface area contributed by atoms with Crippen LogP contribution < -0.4 is 9.64 Å². The number of carbonyl (C=O) groups is 1. The van der Waals surface area contributed by atoms with Crippen LogP contribution in [-0.2, 0) is 4.79 Å². The first kappa shape index (κ1) is 20.2. The maximum Gasteiger partial charge on any atom is 0.387 e. The first-order valence-corrected chi connectivity index (χ1v) is 8.97. The van der Waals surface area contributed by atoms with Crippen molar-refractivity contribution in [3.63, 3.8) is 0 Å². The van der Waals surface area contributed by atoms with Gasteiger partial charge in [0.15, 0.2) is 11.5 Å². The van der Waals surface area contributed by atoms with E-state index in [0.717, 1.165) is 0 Å². The number of hydrogen-bond acceptors (Lipinski definition) is 6. The summed E-state index contributed by atoms with van der Waals surface area (Å²) in [6.45, 7) is 0.515. The standard InChI is InChI=1S/C20H19F2N5O2/c1-14-13-26(19-17(12-23)24-7-8-25-19)9-10-27(14)18(28)6-5-15-3-2-4-16(11-15)29-20(21)22/h2-8,11,14,20H,9-10,13H2,1H3/b6-5+/t14-/m1/s1. The van der Waals surface area contributed by atoms with E-state index in [4.69, 9.17) is 0 Å². The molecule has 3 rings (SSSR count). The minimum Gasteiger partial charge on any atom is -0.435 e. The summed E-state index contributed by atoms with van der Waals surface area (Å²) < 4.78 is 29.0. The molecule has 1 aliphatic rings. The molecule has 0 bridgehead atoms.